The maximum Gasteiger partial charge on any atom is 0.407 e. The molecule has 0 bridgehead atoms. The van der Waals surface area contributed by atoms with Gasteiger partial charge in [0.2, 0.25) is 5.91 Å². The molecule has 2 amide bonds. The minimum absolute atomic E-state index is 0.110. The van der Waals surface area contributed by atoms with Gasteiger partial charge in [0.05, 0.1) is 20.5 Å². The van der Waals surface area contributed by atoms with Crippen LogP contribution >= 0.6 is 7.82 Å². The van der Waals surface area contributed by atoms with Crippen molar-refractivity contribution in [2.75, 3.05) is 19.8 Å². The quantitative estimate of drug-likeness (QED) is 0.0755. The normalized spacial score (nSPS) is 13.4. The van der Waals surface area contributed by atoms with Crippen LogP contribution in [0.4, 0.5) is 4.79 Å². The number of allylic oxidation sites excluding steroid dienone is 2. The number of fused-ring (bicyclic) bond motifs is 3. The number of rotatable bonds is 23. The molecule has 0 aromatic heterocycles. The SMILES string of the molecule is CCCCCCCC/C=C\CCCCCCCC(=O)N[C@H](CNC(=O)OCC1c2ccccc2-c2ccccc21)COP(=O)([O-])[O-]. The van der Waals surface area contributed by atoms with Crippen LogP contribution in [-0.2, 0) is 18.6 Å². The first-order valence-electron chi connectivity index (χ1n) is 17.0. The van der Waals surface area contributed by atoms with Crippen molar-refractivity contribution in [1.82, 2.24) is 10.6 Å². The van der Waals surface area contributed by atoms with Crippen molar-refractivity contribution in [1.29, 1.82) is 0 Å². The Morgan fingerprint density at radius 3 is 1.96 bits per heavy atom. The van der Waals surface area contributed by atoms with Crippen molar-refractivity contribution in [2.45, 2.75) is 109 Å². The molecule has 9 nitrogen and oxygen atoms in total. The predicted octanol–water partition coefficient (Wildman–Crippen LogP) is 6.89. The van der Waals surface area contributed by atoms with E-state index < -0.39 is 26.6 Å². The average Bonchev–Trinajstić information content (AvgIpc) is 3.36. The van der Waals surface area contributed by atoms with Crippen molar-refractivity contribution >= 4 is 19.8 Å². The molecule has 1 atom stereocenters. The molecule has 1 aliphatic rings. The number of unbranched alkanes of at least 4 members (excludes halogenated alkanes) is 11. The summed E-state index contributed by atoms with van der Waals surface area (Å²) in [5.41, 5.74) is 4.37. The number of nitrogens with one attached hydrogen (secondary N) is 2. The van der Waals surface area contributed by atoms with Crippen LogP contribution in [0.2, 0.25) is 0 Å². The Balaban J connectivity index is 1.32. The molecule has 2 N–H and O–H groups in total. The van der Waals surface area contributed by atoms with Crippen LogP contribution in [0.3, 0.4) is 0 Å². The van der Waals surface area contributed by atoms with Gasteiger partial charge in [0.1, 0.15) is 6.61 Å². The van der Waals surface area contributed by atoms with E-state index in [1.165, 1.54) is 38.5 Å². The number of alkyl carbamates (subject to hydrolysis) is 1. The molecule has 0 radical (unpaired) electrons. The zero-order valence-corrected chi connectivity index (χ0v) is 28.1. The van der Waals surface area contributed by atoms with Gasteiger partial charge in [0.25, 0.3) is 0 Å². The molecule has 0 fully saturated rings. The topological polar surface area (TPSA) is 140 Å². The summed E-state index contributed by atoms with van der Waals surface area (Å²) in [4.78, 5) is 47.2. The van der Waals surface area contributed by atoms with Gasteiger partial charge in [0.15, 0.2) is 0 Å². The lowest BCUT2D eigenvalue weighted by Gasteiger charge is -2.31. The number of carbonyl (C=O) groups excluding carboxylic acids is 2. The Morgan fingerprint density at radius 1 is 0.826 bits per heavy atom. The van der Waals surface area contributed by atoms with Gasteiger partial charge in [-0.2, -0.15) is 0 Å². The fraction of sp³-hybridized carbons (Fsp3) is 0.556. The third-order valence-electron chi connectivity index (χ3n) is 8.30. The summed E-state index contributed by atoms with van der Waals surface area (Å²) in [6.07, 6.45) is 19.1. The van der Waals surface area contributed by atoms with E-state index in [-0.39, 0.29) is 31.4 Å². The number of amides is 2. The second-order valence-corrected chi connectivity index (χ2v) is 13.2. The largest absolute Gasteiger partial charge is 0.790 e. The van der Waals surface area contributed by atoms with Gasteiger partial charge in [-0.3, -0.25) is 4.79 Å². The minimum Gasteiger partial charge on any atom is -0.790 e. The molecule has 0 unspecified atom stereocenters. The van der Waals surface area contributed by atoms with Gasteiger partial charge in [-0.25, -0.2) is 4.79 Å². The van der Waals surface area contributed by atoms with Gasteiger partial charge in [0, 0.05) is 18.9 Å². The summed E-state index contributed by atoms with van der Waals surface area (Å²) in [6.45, 7) is 1.61. The molecule has 2 aromatic rings. The molecule has 0 heterocycles. The van der Waals surface area contributed by atoms with Crippen molar-refractivity contribution in [2.24, 2.45) is 0 Å². The molecule has 1 aliphatic carbocycles. The fourth-order valence-electron chi connectivity index (χ4n) is 5.84. The lowest BCUT2D eigenvalue weighted by atomic mass is 9.98. The Labute approximate surface area is 274 Å². The molecule has 46 heavy (non-hydrogen) atoms. The second-order valence-electron chi connectivity index (χ2n) is 12.0. The van der Waals surface area contributed by atoms with Gasteiger partial charge in [-0.1, -0.05) is 119 Å². The summed E-state index contributed by atoms with van der Waals surface area (Å²) >= 11 is 0. The van der Waals surface area contributed by atoms with Crippen molar-refractivity contribution in [3.05, 3.63) is 71.8 Å². The van der Waals surface area contributed by atoms with Crippen molar-refractivity contribution < 1.29 is 33.2 Å². The van der Waals surface area contributed by atoms with Crippen LogP contribution < -0.4 is 20.4 Å². The smallest absolute Gasteiger partial charge is 0.407 e. The summed E-state index contributed by atoms with van der Waals surface area (Å²) in [5.74, 6) is -0.414. The summed E-state index contributed by atoms with van der Waals surface area (Å²) in [7, 11) is -5.25. The van der Waals surface area contributed by atoms with Crippen LogP contribution in [0.1, 0.15) is 114 Å². The third-order valence-corrected chi connectivity index (χ3v) is 8.77. The van der Waals surface area contributed by atoms with Crippen molar-refractivity contribution in [3.63, 3.8) is 0 Å². The Kier molecular flexibility index (Phi) is 17.1. The van der Waals surface area contributed by atoms with Gasteiger partial charge >= 0.3 is 6.09 Å². The van der Waals surface area contributed by atoms with E-state index >= 15 is 0 Å². The molecular weight excluding hydrogens is 603 g/mol. The van der Waals surface area contributed by atoms with Crippen LogP contribution in [0.25, 0.3) is 11.1 Å². The molecule has 0 aliphatic heterocycles. The van der Waals surface area contributed by atoms with E-state index in [9.17, 15) is 23.9 Å². The van der Waals surface area contributed by atoms with Crippen LogP contribution in [0.5, 0.6) is 0 Å². The number of phosphoric acid groups is 1. The van der Waals surface area contributed by atoms with Crippen LogP contribution in [-0.4, -0.2) is 37.8 Å². The summed E-state index contributed by atoms with van der Waals surface area (Å²) in [5, 5.41) is 5.24. The number of benzene rings is 2. The maximum atomic E-state index is 12.6. The zero-order valence-electron chi connectivity index (χ0n) is 27.3. The molecule has 0 spiro atoms. The monoisotopic (exact) mass is 654 g/mol. The number of phosphoric ester groups is 1. The predicted molar refractivity (Wildman–Crippen MR) is 178 cm³/mol. The molecular formula is C36H51N2O7P-2. The van der Waals surface area contributed by atoms with E-state index in [2.05, 4.69) is 34.2 Å². The van der Waals surface area contributed by atoms with E-state index in [1.54, 1.807) is 0 Å². The first kappa shape index (κ1) is 37.5. The first-order chi connectivity index (χ1) is 22.3. The zero-order chi connectivity index (χ0) is 33.0. The molecule has 254 valence electrons. The lowest BCUT2D eigenvalue weighted by molar-refractivity contribution is -0.342. The lowest BCUT2D eigenvalue weighted by Crippen LogP contribution is -2.46. The van der Waals surface area contributed by atoms with E-state index in [0.29, 0.717) is 6.42 Å². The van der Waals surface area contributed by atoms with Crippen LogP contribution in [0.15, 0.2) is 60.7 Å². The number of ether oxygens (including phenoxy) is 1. The number of hydrogen-bond acceptors (Lipinski definition) is 7. The Morgan fingerprint density at radius 2 is 1.37 bits per heavy atom. The van der Waals surface area contributed by atoms with Gasteiger partial charge in [-0.15, -0.1) is 0 Å². The summed E-state index contributed by atoms with van der Waals surface area (Å²) < 4.78 is 21.0. The van der Waals surface area contributed by atoms with E-state index in [4.69, 9.17) is 4.74 Å². The van der Waals surface area contributed by atoms with E-state index in [1.807, 2.05) is 48.5 Å². The standard InChI is InChI=1S/C36H53N2O7P/c1-2-3-4-5-6-7-8-9-10-11-12-13-14-15-16-25-35(39)38-29(27-45-46(41,42)43)26-37-36(40)44-28-34-32-23-19-17-21-30(32)31-22-18-20-24-33(31)34/h9-10,17-24,29,34H,2-8,11-16,25-28H2,1H3,(H,37,40)(H,38,39)(H2,41,42,43)/p-2/b10-9-/t29-/m1/s1. The number of carbonyl (C=O) groups is 2. The van der Waals surface area contributed by atoms with Crippen LogP contribution in [0, 0.1) is 0 Å². The third kappa shape index (κ3) is 14.2. The Hall–Kier alpha value is -2.97. The molecule has 0 saturated carbocycles. The maximum absolute atomic E-state index is 12.6. The Bertz CT molecular complexity index is 1230. The molecule has 10 heteroatoms. The minimum atomic E-state index is -5.25. The summed E-state index contributed by atoms with van der Waals surface area (Å²) in [6, 6.07) is 15.1. The highest BCUT2D eigenvalue weighted by Crippen LogP contribution is 2.44. The first-order valence-corrected chi connectivity index (χ1v) is 18.4. The highest BCUT2D eigenvalue weighted by atomic mass is 31.2. The second kappa shape index (κ2) is 21.0. The highest BCUT2D eigenvalue weighted by molar-refractivity contribution is 7.43. The molecule has 3 rings (SSSR count). The average molecular weight is 655 g/mol. The van der Waals surface area contributed by atoms with E-state index in [0.717, 1.165) is 60.8 Å². The fourth-order valence-corrected chi connectivity index (χ4v) is 6.21. The molecule has 0 saturated heterocycles. The van der Waals surface area contributed by atoms with Crippen molar-refractivity contribution in [3.8, 4) is 11.1 Å². The highest BCUT2D eigenvalue weighted by Gasteiger charge is 2.29. The number of hydrogen-bond donors (Lipinski definition) is 2. The van der Waals surface area contributed by atoms with Gasteiger partial charge < -0.3 is 34.2 Å². The molecule has 2 aromatic carbocycles. The van der Waals surface area contributed by atoms with Gasteiger partial charge in [-0.05, 0) is 54.4 Å².